The SMILES string of the molecule is CN(C)C[C@@H]1CN(Cc2ccc(Cl)s2)CCO1. The highest BCUT2D eigenvalue weighted by molar-refractivity contribution is 7.16. The Bertz CT molecular complexity index is 356. The highest BCUT2D eigenvalue weighted by atomic mass is 35.5. The van der Waals surface area contributed by atoms with Crippen LogP contribution in [-0.4, -0.2) is 56.2 Å². The molecule has 0 N–H and O–H groups in total. The zero-order valence-electron chi connectivity index (χ0n) is 10.4. The summed E-state index contributed by atoms with van der Waals surface area (Å²) in [5.74, 6) is 0. The molecular weight excluding hydrogens is 256 g/mol. The third-order valence-corrected chi connectivity index (χ3v) is 4.02. The summed E-state index contributed by atoms with van der Waals surface area (Å²) in [6, 6.07) is 4.09. The highest BCUT2D eigenvalue weighted by Gasteiger charge is 2.21. The number of morpholine rings is 1. The summed E-state index contributed by atoms with van der Waals surface area (Å²) in [6.45, 7) is 4.83. The molecule has 1 fully saturated rings. The van der Waals surface area contributed by atoms with Crippen molar-refractivity contribution in [3.63, 3.8) is 0 Å². The maximum atomic E-state index is 5.94. The van der Waals surface area contributed by atoms with Crippen molar-refractivity contribution in [2.45, 2.75) is 12.6 Å². The Morgan fingerprint density at radius 2 is 2.35 bits per heavy atom. The Morgan fingerprint density at radius 1 is 1.53 bits per heavy atom. The minimum absolute atomic E-state index is 0.328. The van der Waals surface area contributed by atoms with Crippen LogP contribution in [0, 0.1) is 0 Å². The van der Waals surface area contributed by atoms with Gasteiger partial charge in [-0.05, 0) is 26.2 Å². The lowest BCUT2D eigenvalue weighted by atomic mass is 10.2. The van der Waals surface area contributed by atoms with Gasteiger partial charge in [0.25, 0.3) is 0 Å². The van der Waals surface area contributed by atoms with E-state index in [0.717, 1.165) is 37.1 Å². The van der Waals surface area contributed by atoms with Crippen molar-refractivity contribution in [2.24, 2.45) is 0 Å². The van der Waals surface area contributed by atoms with E-state index >= 15 is 0 Å². The highest BCUT2D eigenvalue weighted by Crippen LogP contribution is 2.23. The van der Waals surface area contributed by atoms with Crippen LogP contribution in [0.25, 0.3) is 0 Å². The van der Waals surface area contributed by atoms with Gasteiger partial charge in [-0.2, -0.15) is 0 Å². The Hall–Kier alpha value is -0.130. The first-order chi connectivity index (χ1) is 8.13. The average Bonchev–Trinajstić information content (AvgIpc) is 2.63. The summed E-state index contributed by atoms with van der Waals surface area (Å²) >= 11 is 7.61. The van der Waals surface area contributed by atoms with Crippen molar-refractivity contribution in [1.29, 1.82) is 0 Å². The van der Waals surface area contributed by atoms with Crippen LogP contribution in [0.5, 0.6) is 0 Å². The van der Waals surface area contributed by atoms with Crippen molar-refractivity contribution in [3.05, 3.63) is 21.3 Å². The van der Waals surface area contributed by atoms with Gasteiger partial charge in [-0.25, -0.2) is 0 Å². The summed E-state index contributed by atoms with van der Waals surface area (Å²) < 4.78 is 6.63. The van der Waals surface area contributed by atoms with Gasteiger partial charge in [-0.1, -0.05) is 11.6 Å². The summed E-state index contributed by atoms with van der Waals surface area (Å²) in [6.07, 6.45) is 0.328. The molecule has 2 rings (SSSR count). The number of rotatable bonds is 4. The second-order valence-corrected chi connectivity index (χ2v) is 6.50. The smallest absolute Gasteiger partial charge is 0.0931 e. The molecule has 0 unspecified atom stereocenters. The van der Waals surface area contributed by atoms with Gasteiger partial charge in [-0.15, -0.1) is 11.3 Å². The van der Waals surface area contributed by atoms with Gasteiger partial charge in [0, 0.05) is 31.1 Å². The summed E-state index contributed by atoms with van der Waals surface area (Å²) in [4.78, 5) is 5.95. The van der Waals surface area contributed by atoms with Crippen LogP contribution in [0.1, 0.15) is 4.88 Å². The van der Waals surface area contributed by atoms with E-state index in [9.17, 15) is 0 Å². The molecule has 17 heavy (non-hydrogen) atoms. The minimum atomic E-state index is 0.328. The van der Waals surface area contributed by atoms with Gasteiger partial charge < -0.3 is 9.64 Å². The van der Waals surface area contributed by atoms with Crippen LogP contribution < -0.4 is 0 Å². The summed E-state index contributed by atoms with van der Waals surface area (Å²) in [5.41, 5.74) is 0. The second kappa shape index (κ2) is 6.16. The Balaban J connectivity index is 1.85. The van der Waals surface area contributed by atoms with Crippen LogP contribution in [-0.2, 0) is 11.3 Å². The molecule has 0 bridgehead atoms. The van der Waals surface area contributed by atoms with Crippen LogP contribution in [0.15, 0.2) is 12.1 Å². The molecule has 5 heteroatoms. The second-order valence-electron chi connectivity index (χ2n) is 4.70. The molecule has 0 amide bonds. The zero-order chi connectivity index (χ0) is 12.3. The van der Waals surface area contributed by atoms with E-state index in [0.29, 0.717) is 6.10 Å². The number of ether oxygens (including phenoxy) is 1. The van der Waals surface area contributed by atoms with Gasteiger partial charge >= 0.3 is 0 Å². The maximum Gasteiger partial charge on any atom is 0.0931 e. The zero-order valence-corrected chi connectivity index (χ0v) is 11.9. The molecule has 1 aromatic rings. The molecule has 0 saturated carbocycles. The van der Waals surface area contributed by atoms with Crippen molar-refractivity contribution < 1.29 is 4.74 Å². The molecule has 1 aliphatic rings. The number of likely N-dealkylation sites (N-methyl/N-ethyl adjacent to an activating group) is 1. The predicted octanol–water partition coefficient (Wildman–Crippen LogP) is 2.16. The lowest BCUT2D eigenvalue weighted by molar-refractivity contribution is -0.0404. The molecule has 0 aliphatic carbocycles. The Labute approximate surface area is 112 Å². The molecule has 1 saturated heterocycles. The van der Waals surface area contributed by atoms with E-state index in [-0.39, 0.29) is 0 Å². The molecule has 1 aliphatic heterocycles. The van der Waals surface area contributed by atoms with Crippen LogP contribution in [0.3, 0.4) is 0 Å². The molecule has 3 nitrogen and oxygen atoms in total. The molecule has 1 aromatic heterocycles. The standard InChI is InChI=1S/C12H19ClN2OS/c1-14(2)7-10-8-15(5-6-16-10)9-11-3-4-12(13)17-11/h3-4,10H,5-9H2,1-2H3/t10-/m1/s1. The van der Waals surface area contributed by atoms with E-state index in [1.54, 1.807) is 11.3 Å². The van der Waals surface area contributed by atoms with Gasteiger partial charge in [-0.3, -0.25) is 4.90 Å². The summed E-state index contributed by atoms with van der Waals surface area (Å²) in [7, 11) is 4.17. The first-order valence-corrected chi connectivity index (χ1v) is 7.06. The maximum absolute atomic E-state index is 5.94. The molecule has 1 atom stereocenters. The summed E-state index contributed by atoms with van der Waals surface area (Å²) in [5, 5.41) is 0. The normalized spacial score (nSPS) is 22.2. The molecule has 0 spiro atoms. The van der Waals surface area contributed by atoms with E-state index in [2.05, 4.69) is 30.0 Å². The quantitative estimate of drug-likeness (QED) is 0.837. The lowest BCUT2D eigenvalue weighted by Gasteiger charge is -2.33. The predicted molar refractivity (Wildman–Crippen MR) is 72.9 cm³/mol. The Morgan fingerprint density at radius 3 is 3.00 bits per heavy atom. The third-order valence-electron chi connectivity index (χ3n) is 2.80. The van der Waals surface area contributed by atoms with Gasteiger partial charge in [0.1, 0.15) is 0 Å². The molecule has 2 heterocycles. The minimum Gasteiger partial charge on any atom is -0.374 e. The van der Waals surface area contributed by atoms with Crippen LogP contribution in [0.2, 0.25) is 4.34 Å². The van der Waals surface area contributed by atoms with Gasteiger partial charge in [0.05, 0.1) is 17.0 Å². The third kappa shape index (κ3) is 4.23. The Kier molecular flexibility index (Phi) is 4.82. The van der Waals surface area contributed by atoms with Gasteiger partial charge in [0.15, 0.2) is 0 Å². The fraction of sp³-hybridized carbons (Fsp3) is 0.667. The monoisotopic (exact) mass is 274 g/mol. The number of thiophene rings is 1. The van der Waals surface area contributed by atoms with E-state index < -0.39 is 0 Å². The number of halogens is 1. The van der Waals surface area contributed by atoms with E-state index in [1.165, 1.54) is 4.88 Å². The fourth-order valence-corrected chi connectivity index (χ4v) is 3.23. The molecule has 96 valence electrons. The topological polar surface area (TPSA) is 15.7 Å². The van der Waals surface area contributed by atoms with Crippen molar-refractivity contribution >= 4 is 22.9 Å². The van der Waals surface area contributed by atoms with Crippen molar-refractivity contribution in [2.75, 3.05) is 40.3 Å². The largest absolute Gasteiger partial charge is 0.374 e. The number of hydrogen-bond acceptors (Lipinski definition) is 4. The fourth-order valence-electron chi connectivity index (χ4n) is 2.10. The lowest BCUT2D eigenvalue weighted by Crippen LogP contribution is -2.45. The number of nitrogens with zero attached hydrogens (tertiary/aromatic N) is 2. The molecule has 0 radical (unpaired) electrons. The van der Waals surface area contributed by atoms with Crippen molar-refractivity contribution in [1.82, 2.24) is 9.80 Å². The molecule has 0 aromatic carbocycles. The first kappa shape index (κ1) is 13.3. The van der Waals surface area contributed by atoms with E-state index in [1.807, 2.05) is 6.07 Å². The van der Waals surface area contributed by atoms with E-state index in [4.69, 9.17) is 16.3 Å². The number of hydrogen-bond donors (Lipinski definition) is 0. The average molecular weight is 275 g/mol. The van der Waals surface area contributed by atoms with Crippen LogP contribution in [0.4, 0.5) is 0 Å². The van der Waals surface area contributed by atoms with Crippen LogP contribution >= 0.6 is 22.9 Å². The first-order valence-electron chi connectivity index (χ1n) is 5.86. The molecular formula is C12H19ClN2OS. The van der Waals surface area contributed by atoms with Gasteiger partial charge in [0.2, 0.25) is 0 Å². The van der Waals surface area contributed by atoms with Crippen molar-refractivity contribution in [3.8, 4) is 0 Å².